The zero-order valence-electron chi connectivity index (χ0n) is 10.1. The van der Waals surface area contributed by atoms with E-state index in [1.54, 1.807) is 12.4 Å². The summed E-state index contributed by atoms with van der Waals surface area (Å²) in [5.41, 5.74) is 5.20. The Labute approximate surface area is 101 Å². The number of rotatable bonds is 4. The van der Waals surface area contributed by atoms with Crippen LogP contribution in [0.25, 0.3) is 0 Å². The fourth-order valence-electron chi connectivity index (χ4n) is 1.84. The van der Waals surface area contributed by atoms with Crippen LogP contribution in [-0.2, 0) is 0 Å². The number of hydrogen-bond donors (Lipinski definition) is 3. The van der Waals surface area contributed by atoms with E-state index < -0.39 is 0 Å². The number of imidazole rings is 1. The Balaban J connectivity index is 2.26. The highest BCUT2D eigenvalue weighted by Crippen LogP contribution is 2.21. The lowest BCUT2D eigenvalue weighted by molar-refractivity contribution is 0.607. The summed E-state index contributed by atoms with van der Waals surface area (Å²) in [6.07, 6.45) is 3.52. The second-order valence-electron chi connectivity index (χ2n) is 4.40. The van der Waals surface area contributed by atoms with Crippen molar-refractivity contribution in [3.05, 3.63) is 53.6 Å². The van der Waals surface area contributed by atoms with Crippen LogP contribution in [0, 0.1) is 0 Å². The fourth-order valence-corrected chi connectivity index (χ4v) is 1.84. The van der Waals surface area contributed by atoms with Gasteiger partial charge in [0, 0.05) is 12.4 Å². The Bertz CT molecular complexity index is 445. The highest BCUT2D eigenvalue weighted by atomic mass is 15.2. The molecule has 0 spiro atoms. The van der Waals surface area contributed by atoms with Gasteiger partial charge in [0.1, 0.15) is 11.9 Å². The van der Waals surface area contributed by atoms with Gasteiger partial charge in [-0.1, -0.05) is 38.1 Å². The van der Waals surface area contributed by atoms with Gasteiger partial charge in [0.15, 0.2) is 0 Å². The van der Waals surface area contributed by atoms with Crippen molar-refractivity contribution in [3.8, 4) is 0 Å². The molecule has 1 atom stereocenters. The fraction of sp³-hybridized carbons (Fsp3) is 0.308. The molecule has 1 unspecified atom stereocenters. The van der Waals surface area contributed by atoms with Crippen molar-refractivity contribution in [2.24, 2.45) is 5.84 Å². The van der Waals surface area contributed by atoms with E-state index in [2.05, 4.69) is 53.5 Å². The van der Waals surface area contributed by atoms with Gasteiger partial charge in [-0.15, -0.1) is 0 Å². The van der Waals surface area contributed by atoms with Crippen molar-refractivity contribution in [1.29, 1.82) is 0 Å². The lowest BCUT2D eigenvalue weighted by Crippen LogP contribution is -2.29. The molecule has 0 radical (unpaired) electrons. The molecule has 17 heavy (non-hydrogen) atoms. The minimum absolute atomic E-state index is 0.0915. The topological polar surface area (TPSA) is 66.7 Å². The smallest absolute Gasteiger partial charge is 0.129 e. The Morgan fingerprint density at radius 1 is 1.18 bits per heavy atom. The maximum atomic E-state index is 5.58. The van der Waals surface area contributed by atoms with Gasteiger partial charge in [-0.2, -0.15) is 0 Å². The largest absolute Gasteiger partial charge is 0.347 e. The third-order valence-corrected chi connectivity index (χ3v) is 2.90. The molecule has 90 valence electrons. The predicted molar refractivity (Wildman–Crippen MR) is 68.3 cm³/mol. The first-order valence-electron chi connectivity index (χ1n) is 5.77. The third kappa shape index (κ3) is 2.54. The second-order valence-corrected chi connectivity index (χ2v) is 4.40. The molecule has 4 nitrogen and oxygen atoms in total. The summed E-state index contributed by atoms with van der Waals surface area (Å²) >= 11 is 0. The molecule has 0 aliphatic carbocycles. The number of hydrazine groups is 1. The van der Waals surface area contributed by atoms with Crippen LogP contribution >= 0.6 is 0 Å². The molecule has 0 amide bonds. The number of hydrogen-bond acceptors (Lipinski definition) is 3. The highest BCUT2D eigenvalue weighted by Gasteiger charge is 2.14. The summed E-state index contributed by atoms with van der Waals surface area (Å²) in [4.78, 5) is 7.29. The van der Waals surface area contributed by atoms with Gasteiger partial charge in [0.25, 0.3) is 0 Å². The number of H-pyrrole nitrogens is 1. The molecule has 0 saturated carbocycles. The van der Waals surface area contributed by atoms with Gasteiger partial charge in [-0.05, 0) is 17.0 Å². The molecule has 1 aromatic heterocycles. The monoisotopic (exact) mass is 230 g/mol. The Morgan fingerprint density at radius 3 is 2.29 bits per heavy atom. The molecule has 0 saturated heterocycles. The minimum atomic E-state index is -0.0915. The van der Waals surface area contributed by atoms with Crippen LogP contribution < -0.4 is 11.3 Å². The van der Waals surface area contributed by atoms with Crippen LogP contribution in [0.4, 0.5) is 0 Å². The quantitative estimate of drug-likeness (QED) is 0.556. The minimum Gasteiger partial charge on any atom is -0.347 e. The SMILES string of the molecule is CC(C)c1ccc(C(NN)c2ncc[nH]2)cc1. The van der Waals surface area contributed by atoms with Gasteiger partial charge >= 0.3 is 0 Å². The maximum absolute atomic E-state index is 5.58. The van der Waals surface area contributed by atoms with Crippen molar-refractivity contribution < 1.29 is 0 Å². The van der Waals surface area contributed by atoms with Gasteiger partial charge < -0.3 is 4.98 Å². The van der Waals surface area contributed by atoms with Crippen LogP contribution in [0.5, 0.6) is 0 Å². The summed E-state index contributed by atoms with van der Waals surface area (Å²) < 4.78 is 0. The molecule has 2 aromatic rings. The number of benzene rings is 1. The maximum Gasteiger partial charge on any atom is 0.129 e. The van der Waals surface area contributed by atoms with Crippen LogP contribution in [0.15, 0.2) is 36.7 Å². The van der Waals surface area contributed by atoms with E-state index in [1.807, 2.05) is 0 Å². The first kappa shape index (κ1) is 11.8. The normalized spacial score (nSPS) is 12.9. The number of nitrogens with zero attached hydrogens (tertiary/aromatic N) is 1. The van der Waals surface area contributed by atoms with Gasteiger partial charge in [-0.25, -0.2) is 10.4 Å². The van der Waals surface area contributed by atoms with Crippen molar-refractivity contribution in [2.45, 2.75) is 25.8 Å². The van der Waals surface area contributed by atoms with E-state index in [-0.39, 0.29) is 6.04 Å². The lowest BCUT2D eigenvalue weighted by Gasteiger charge is -2.15. The van der Waals surface area contributed by atoms with E-state index in [0.717, 1.165) is 11.4 Å². The molecule has 1 aromatic carbocycles. The van der Waals surface area contributed by atoms with Gasteiger partial charge in [0.05, 0.1) is 0 Å². The summed E-state index contributed by atoms with van der Waals surface area (Å²) in [5, 5.41) is 0. The van der Waals surface area contributed by atoms with Crippen molar-refractivity contribution >= 4 is 0 Å². The van der Waals surface area contributed by atoms with Crippen LogP contribution in [0.1, 0.15) is 42.8 Å². The Kier molecular flexibility index (Phi) is 3.56. The molecular formula is C13H18N4. The summed E-state index contributed by atoms with van der Waals surface area (Å²) in [5.74, 6) is 6.95. The molecule has 0 fully saturated rings. The number of nitrogens with one attached hydrogen (secondary N) is 2. The average Bonchev–Trinajstić information content (AvgIpc) is 2.84. The second kappa shape index (κ2) is 5.12. The summed E-state index contributed by atoms with van der Waals surface area (Å²) in [6.45, 7) is 4.36. The van der Waals surface area contributed by atoms with Crippen LogP contribution in [-0.4, -0.2) is 9.97 Å². The molecule has 0 bridgehead atoms. The van der Waals surface area contributed by atoms with E-state index in [0.29, 0.717) is 5.92 Å². The molecule has 1 heterocycles. The van der Waals surface area contributed by atoms with Crippen LogP contribution in [0.2, 0.25) is 0 Å². The zero-order valence-corrected chi connectivity index (χ0v) is 10.1. The number of aromatic nitrogens is 2. The predicted octanol–water partition coefficient (Wildman–Crippen LogP) is 2.09. The standard InChI is InChI=1S/C13H18N4/c1-9(2)10-3-5-11(6-4-10)12(17-14)13-15-7-8-16-13/h3-9,12,17H,14H2,1-2H3,(H,15,16). The molecule has 4 N–H and O–H groups in total. The zero-order chi connectivity index (χ0) is 12.3. The van der Waals surface area contributed by atoms with Crippen molar-refractivity contribution in [1.82, 2.24) is 15.4 Å². The van der Waals surface area contributed by atoms with E-state index >= 15 is 0 Å². The number of aromatic amines is 1. The van der Waals surface area contributed by atoms with E-state index in [9.17, 15) is 0 Å². The average molecular weight is 230 g/mol. The van der Waals surface area contributed by atoms with Crippen molar-refractivity contribution in [2.75, 3.05) is 0 Å². The van der Waals surface area contributed by atoms with Crippen molar-refractivity contribution in [3.63, 3.8) is 0 Å². The lowest BCUT2D eigenvalue weighted by atomic mass is 9.99. The van der Waals surface area contributed by atoms with Crippen LogP contribution in [0.3, 0.4) is 0 Å². The Hall–Kier alpha value is -1.65. The number of nitrogens with two attached hydrogens (primary N) is 1. The highest BCUT2D eigenvalue weighted by molar-refractivity contribution is 5.29. The molecule has 0 aliphatic rings. The molecular weight excluding hydrogens is 212 g/mol. The summed E-state index contributed by atoms with van der Waals surface area (Å²) in [6, 6.07) is 8.34. The molecule has 2 rings (SSSR count). The summed E-state index contributed by atoms with van der Waals surface area (Å²) in [7, 11) is 0. The first-order chi connectivity index (χ1) is 8.22. The van der Waals surface area contributed by atoms with Gasteiger partial charge in [-0.3, -0.25) is 5.84 Å². The van der Waals surface area contributed by atoms with Gasteiger partial charge in [0.2, 0.25) is 0 Å². The molecule has 4 heteroatoms. The van der Waals surface area contributed by atoms with E-state index in [1.165, 1.54) is 5.56 Å². The van der Waals surface area contributed by atoms with E-state index in [4.69, 9.17) is 5.84 Å². The third-order valence-electron chi connectivity index (χ3n) is 2.90. The first-order valence-corrected chi connectivity index (χ1v) is 5.77. The Morgan fingerprint density at radius 2 is 1.82 bits per heavy atom. The molecule has 0 aliphatic heterocycles.